The molecule has 0 spiro atoms. The van der Waals surface area contributed by atoms with Crippen molar-refractivity contribution in [3.63, 3.8) is 0 Å². The van der Waals surface area contributed by atoms with Crippen LogP contribution in [0.5, 0.6) is 0 Å². The first-order valence-corrected chi connectivity index (χ1v) is 7.48. The van der Waals surface area contributed by atoms with Gasteiger partial charge in [-0.25, -0.2) is 13.5 Å². The number of H-pyrrole nitrogens is 1. The van der Waals surface area contributed by atoms with Crippen LogP contribution in [0.15, 0.2) is 0 Å². The van der Waals surface area contributed by atoms with E-state index >= 15 is 0 Å². The Kier molecular flexibility index (Phi) is 3.15. The van der Waals surface area contributed by atoms with Crippen molar-refractivity contribution >= 4 is 39.1 Å². The molecular weight excluding hydrogens is 276 g/mol. The Labute approximate surface area is 110 Å². The summed E-state index contributed by atoms with van der Waals surface area (Å²) in [7, 11) is -2.98. The molecule has 1 unspecified atom stereocenters. The lowest BCUT2D eigenvalue weighted by atomic mass is 10.0. The van der Waals surface area contributed by atoms with Crippen LogP contribution in [0.2, 0.25) is 0 Å². The van der Waals surface area contributed by atoms with Gasteiger partial charge in [0.25, 0.3) is 0 Å². The quantitative estimate of drug-likeness (QED) is 0.524. The minimum atomic E-state index is -2.98. The van der Waals surface area contributed by atoms with Gasteiger partial charge in [0.1, 0.15) is 0 Å². The standard InChI is InChI=1S/C8H14N6O2S2/c1-8(2-3-18(15,16)4-8)12-7(17)11-6-10-5(9)13-14-6/h2-4H2,1H3,(H5,9,10,11,12,13,14,17). The molecule has 0 saturated carbocycles. The van der Waals surface area contributed by atoms with E-state index in [0.717, 1.165) is 0 Å². The number of aromatic nitrogens is 3. The highest BCUT2D eigenvalue weighted by Gasteiger charge is 2.38. The summed E-state index contributed by atoms with van der Waals surface area (Å²) in [6.45, 7) is 1.82. The number of nitrogens with one attached hydrogen (secondary N) is 3. The number of anilines is 2. The van der Waals surface area contributed by atoms with Gasteiger partial charge in [0.2, 0.25) is 11.9 Å². The van der Waals surface area contributed by atoms with E-state index in [0.29, 0.717) is 6.42 Å². The number of nitrogens with two attached hydrogens (primary N) is 1. The highest BCUT2D eigenvalue weighted by Crippen LogP contribution is 2.22. The smallest absolute Gasteiger partial charge is 0.249 e. The second-order valence-electron chi connectivity index (χ2n) is 4.53. The first kappa shape index (κ1) is 13.0. The lowest BCUT2D eigenvalue weighted by molar-refractivity contribution is 0.474. The lowest BCUT2D eigenvalue weighted by Gasteiger charge is -2.25. The van der Waals surface area contributed by atoms with E-state index in [-0.39, 0.29) is 28.5 Å². The summed E-state index contributed by atoms with van der Waals surface area (Å²) in [4.78, 5) is 3.83. The van der Waals surface area contributed by atoms with E-state index in [1.807, 2.05) is 6.92 Å². The van der Waals surface area contributed by atoms with E-state index in [9.17, 15) is 8.42 Å². The molecule has 1 saturated heterocycles. The Bertz CT molecular complexity index is 568. The maximum atomic E-state index is 11.4. The molecule has 2 heterocycles. The zero-order valence-corrected chi connectivity index (χ0v) is 11.4. The third-order valence-electron chi connectivity index (χ3n) is 2.65. The van der Waals surface area contributed by atoms with Crippen LogP contribution in [0.4, 0.5) is 11.9 Å². The van der Waals surface area contributed by atoms with Crippen LogP contribution in [0.1, 0.15) is 13.3 Å². The first-order valence-electron chi connectivity index (χ1n) is 5.26. The molecule has 10 heteroatoms. The SMILES string of the molecule is CC1(NC(=S)Nc2n[nH]c(N)n2)CCS(=O)(=O)C1. The Morgan fingerprint density at radius 3 is 2.83 bits per heavy atom. The van der Waals surface area contributed by atoms with Crippen molar-refractivity contribution < 1.29 is 8.42 Å². The number of aromatic amines is 1. The summed E-state index contributed by atoms with van der Waals surface area (Å²) in [5, 5.41) is 12.2. The van der Waals surface area contributed by atoms with Crippen molar-refractivity contribution in [3.8, 4) is 0 Å². The van der Waals surface area contributed by atoms with Crippen molar-refractivity contribution in [2.45, 2.75) is 18.9 Å². The molecular formula is C8H14N6O2S2. The summed E-state index contributed by atoms with van der Waals surface area (Å²) in [6.07, 6.45) is 0.521. The molecule has 0 radical (unpaired) electrons. The van der Waals surface area contributed by atoms with Gasteiger partial charge in [-0.1, -0.05) is 0 Å². The fraction of sp³-hybridized carbons (Fsp3) is 0.625. The summed E-state index contributed by atoms with van der Waals surface area (Å²) in [5.41, 5.74) is 4.82. The molecule has 100 valence electrons. The number of hydrogen-bond donors (Lipinski definition) is 4. The summed E-state index contributed by atoms with van der Waals surface area (Å²) in [6, 6.07) is 0. The second kappa shape index (κ2) is 4.35. The summed E-state index contributed by atoms with van der Waals surface area (Å²) >= 11 is 5.08. The Morgan fingerprint density at radius 1 is 1.61 bits per heavy atom. The fourth-order valence-corrected chi connectivity index (χ4v) is 4.28. The highest BCUT2D eigenvalue weighted by atomic mass is 32.2. The Morgan fingerprint density at radius 2 is 2.33 bits per heavy atom. The molecule has 18 heavy (non-hydrogen) atoms. The van der Waals surface area contributed by atoms with Crippen molar-refractivity contribution in [1.29, 1.82) is 0 Å². The average molecular weight is 290 g/mol. The molecule has 0 amide bonds. The molecule has 1 aromatic heterocycles. The molecule has 1 atom stereocenters. The Balaban J connectivity index is 1.96. The van der Waals surface area contributed by atoms with Gasteiger partial charge in [-0.15, -0.1) is 5.10 Å². The zero-order valence-electron chi connectivity index (χ0n) is 9.73. The molecule has 1 fully saturated rings. The third kappa shape index (κ3) is 3.07. The molecule has 0 bridgehead atoms. The third-order valence-corrected chi connectivity index (χ3v) is 4.75. The average Bonchev–Trinajstić information content (AvgIpc) is 2.70. The van der Waals surface area contributed by atoms with E-state index in [1.54, 1.807) is 0 Å². The van der Waals surface area contributed by atoms with Crippen molar-refractivity contribution in [1.82, 2.24) is 20.5 Å². The van der Waals surface area contributed by atoms with Crippen LogP contribution in [-0.2, 0) is 9.84 Å². The molecule has 1 aliphatic heterocycles. The highest BCUT2D eigenvalue weighted by molar-refractivity contribution is 7.91. The number of rotatable bonds is 2. The van der Waals surface area contributed by atoms with Crippen LogP contribution >= 0.6 is 12.2 Å². The van der Waals surface area contributed by atoms with E-state index in [2.05, 4.69) is 25.8 Å². The topological polar surface area (TPSA) is 126 Å². The maximum absolute atomic E-state index is 11.4. The van der Waals surface area contributed by atoms with Crippen LogP contribution in [0.25, 0.3) is 0 Å². The molecule has 5 N–H and O–H groups in total. The number of nitrogen functional groups attached to an aromatic ring is 1. The van der Waals surface area contributed by atoms with E-state index in [1.165, 1.54) is 0 Å². The van der Waals surface area contributed by atoms with Gasteiger partial charge < -0.3 is 11.1 Å². The Hall–Kier alpha value is -1.42. The minimum Gasteiger partial charge on any atom is -0.368 e. The van der Waals surface area contributed by atoms with Crippen molar-refractivity contribution in [3.05, 3.63) is 0 Å². The van der Waals surface area contributed by atoms with Gasteiger partial charge in [0.15, 0.2) is 14.9 Å². The van der Waals surface area contributed by atoms with Gasteiger partial charge in [0.05, 0.1) is 17.0 Å². The number of hydrogen-bond acceptors (Lipinski definition) is 6. The monoisotopic (exact) mass is 290 g/mol. The summed E-state index contributed by atoms with van der Waals surface area (Å²) < 4.78 is 22.9. The normalized spacial score (nSPS) is 25.8. The first-order chi connectivity index (χ1) is 8.28. The molecule has 2 rings (SSSR count). The lowest BCUT2D eigenvalue weighted by Crippen LogP contribution is -2.48. The number of sulfone groups is 1. The maximum Gasteiger partial charge on any atom is 0.249 e. The summed E-state index contributed by atoms with van der Waals surface area (Å²) in [5.74, 6) is 0.661. The van der Waals surface area contributed by atoms with Crippen LogP contribution in [-0.4, -0.2) is 45.8 Å². The second-order valence-corrected chi connectivity index (χ2v) is 7.12. The number of thiocarbonyl (C=S) groups is 1. The molecule has 0 aliphatic carbocycles. The molecule has 1 aliphatic rings. The fourth-order valence-electron chi connectivity index (χ4n) is 1.85. The largest absolute Gasteiger partial charge is 0.368 e. The van der Waals surface area contributed by atoms with E-state index < -0.39 is 15.4 Å². The zero-order chi connectivity index (χ0) is 13.4. The molecule has 0 aromatic carbocycles. The predicted molar refractivity (Wildman–Crippen MR) is 71.8 cm³/mol. The van der Waals surface area contributed by atoms with Crippen LogP contribution in [0.3, 0.4) is 0 Å². The van der Waals surface area contributed by atoms with Gasteiger partial charge >= 0.3 is 0 Å². The van der Waals surface area contributed by atoms with E-state index in [4.69, 9.17) is 18.0 Å². The van der Waals surface area contributed by atoms with Crippen LogP contribution in [0, 0.1) is 0 Å². The van der Waals surface area contributed by atoms with Gasteiger partial charge in [-0.2, -0.15) is 4.98 Å². The molecule has 1 aromatic rings. The van der Waals surface area contributed by atoms with Gasteiger partial charge in [-0.3, -0.25) is 5.32 Å². The minimum absolute atomic E-state index is 0.0674. The predicted octanol–water partition coefficient (Wildman–Crippen LogP) is -0.749. The van der Waals surface area contributed by atoms with Crippen molar-refractivity contribution in [2.75, 3.05) is 22.6 Å². The van der Waals surface area contributed by atoms with Gasteiger partial charge in [0, 0.05) is 0 Å². The molecule has 8 nitrogen and oxygen atoms in total. The van der Waals surface area contributed by atoms with Crippen molar-refractivity contribution in [2.24, 2.45) is 0 Å². The number of nitrogens with zero attached hydrogens (tertiary/aromatic N) is 2. The van der Waals surface area contributed by atoms with Crippen LogP contribution < -0.4 is 16.4 Å². The van der Waals surface area contributed by atoms with Gasteiger partial charge in [-0.05, 0) is 25.6 Å².